The van der Waals surface area contributed by atoms with Crippen molar-refractivity contribution in [3.63, 3.8) is 0 Å². The van der Waals surface area contributed by atoms with E-state index in [-0.39, 0.29) is 17.0 Å². The SMILES string of the molecule is Cn1cc(CNS(=O)(=O)c2ccccc2C#N)cn1. The van der Waals surface area contributed by atoms with E-state index >= 15 is 0 Å². The first kappa shape index (κ1) is 13.3. The van der Waals surface area contributed by atoms with Gasteiger partial charge in [-0.05, 0) is 12.1 Å². The number of aromatic nitrogens is 2. The van der Waals surface area contributed by atoms with Crippen molar-refractivity contribution in [1.82, 2.24) is 14.5 Å². The first-order valence-electron chi connectivity index (χ1n) is 5.49. The first-order valence-corrected chi connectivity index (χ1v) is 6.97. The second-order valence-corrected chi connectivity index (χ2v) is 5.69. The van der Waals surface area contributed by atoms with Crippen LogP contribution in [0.25, 0.3) is 0 Å². The van der Waals surface area contributed by atoms with E-state index in [2.05, 4.69) is 9.82 Å². The molecule has 1 aromatic carbocycles. The number of hydrogen-bond acceptors (Lipinski definition) is 4. The summed E-state index contributed by atoms with van der Waals surface area (Å²) in [5, 5.41) is 12.9. The average molecular weight is 276 g/mol. The van der Waals surface area contributed by atoms with Crippen LogP contribution in [0.15, 0.2) is 41.6 Å². The van der Waals surface area contributed by atoms with Gasteiger partial charge in [0.2, 0.25) is 10.0 Å². The highest BCUT2D eigenvalue weighted by Crippen LogP contribution is 2.14. The average Bonchev–Trinajstić information content (AvgIpc) is 2.82. The van der Waals surface area contributed by atoms with Gasteiger partial charge in [-0.1, -0.05) is 12.1 Å². The van der Waals surface area contributed by atoms with E-state index in [1.54, 1.807) is 36.3 Å². The van der Waals surface area contributed by atoms with Crippen LogP contribution in [0.4, 0.5) is 0 Å². The number of benzene rings is 1. The van der Waals surface area contributed by atoms with Crippen LogP contribution >= 0.6 is 0 Å². The zero-order chi connectivity index (χ0) is 13.9. The van der Waals surface area contributed by atoms with Crippen LogP contribution in [-0.2, 0) is 23.6 Å². The lowest BCUT2D eigenvalue weighted by Gasteiger charge is -2.06. The van der Waals surface area contributed by atoms with Gasteiger partial charge in [-0.3, -0.25) is 4.68 Å². The van der Waals surface area contributed by atoms with Gasteiger partial charge in [0.25, 0.3) is 0 Å². The van der Waals surface area contributed by atoms with Crippen molar-refractivity contribution in [1.29, 1.82) is 5.26 Å². The van der Waals surface area contributed by atoms with Crippen molar-refractivity contribution >= 4 is 10.0 Å². The fourth-order valence-corrected chi connectivity index (χ4v) is 2.79. The minimum absolute atomic E-state index is 0.0126. The summed E-state index contributed by atoms with van der Waals surface area (Å²) < 4.78 is 28.2. The quantitative estimate of drug-likeness (QED) is 0.893. The molecule has 1 heterocycles. The van der Waals surface area contributed by atoms with E-state index in [4.69, 9.17) is 5.26 Å². The maximum absolute atomic E-state index is 12.1. The molecule has 7 heteroatoms. The monoisotopic (exact) mass is 276 g/mol. The lowest BCUT2D eigenvalue weighted by atomic mass is 10.2. The lowest BCUT2D eigenvalue weighted by Crippen LogP contribution is -2.23. The standard InChI is InChI=1S/C12H12N4O2S/c1-16-9-10(7-14-16)8-15-19(17,18)12-5-3-2-4-11(12)6-13/h2-5,7,9,15H,8H2,1H3. The van der Waals surface area contributed by atoms with E-state index in [1.807, 2.05) is 6.07 Å². The molecule has 2 rings (SSSR count). The summed E-state index contributed by atoms with van der Waals surface area (Å²) in [6, 6.07) is 7.95. The van der Waals surface area contributed by atoms with Gasteiger partial charge in [0, 0.05) is 25.4 Å². The van der Waals surface area contributed by atoms with E-state index in [1.165, 1.54) is 12.1 Å². The summed E-state index contributed by atoms with van der Waals surface area (Å²) in [7, 11) is -1.95. The maximum Gasteiger partial charge on any atom is 0.242 e. The van der Waals surface area contributed by atoms with Crippen LogP contribution in [0.2, 0.25) is 0 Å². The zero-order valence-corrected chi connectivity index (χ0v) is 11.1. The van der Waals surface area contributed by atoms with E-state index in [9.17, 15) is 8.42 Å². The summed E-state index contributed by atoms with van der Waals surface area (Å²) in [4.78, 5) is -0.0126. The first-order chi connectivity index (χ1) is 9.03. The third-order valence-corrected chi connectivity index (χ3v) is 3.98. The predicted molar refractivity (Wildman–Crippen MR) is 68.4 cm³/mol. The van der Waals surface area contributed by atoms with E-state index in [0.717, 1.165) is 5.56 Å². The summed E-state index contributed by atoms with van der Waals surface area (Å²) in [6.07, 6.45) is 3.30. The van der Waals surface area contributed by atoms with E-state index < -0.39 is 10.0 Å². The molecular formula is C12H12N4O2S. The summed E-state index contributed by atoms with van der Waals surface area (Å²) in [5.74, 6) is 0. The van der Waals surface area contributed by atoms with Gasteiger partial charge in [-0.25, -0.2) is 13.1 Å². The Morgan fingerprint density at radius 2 is 2.16 bits per heavy atom. The number of rotatable bonds is 4. The zero-order valence-electron chi connectivity index (χ0n) is 10.2. The molecule has 0 saturated carbocycles. The Balaban J connectivity index is 2.21. The molecule has 0 radical (unpaired) electrons. The number of hydrogen-bond donors (Lipinski definition) is 1. The molecule has 6 nitrogen and oxygen atoms in total. The largest absolute Gasteiger partial charge is 0.275 e. The van der Waals surface area contributed by atoms with Crippen LogP contribution in [0, 0.1) is 11.3 Å². The number of nitrogens with zero attached hydrogens (tertiary/aromatic N) is 3. The third-order valence-electron chi connectivity index (χ3n) is 2.52. The Morgan fingerprint density at radius 3 is 2.79 bits per heavy atom. The molecule has 98 valence electrons. The Labute approximate surface area is 111 Å². The number of nitrogens with one attached hydrogen (secondary N) is 1. The van der Waals surface area contributed by atoms with Crippen molar-refractivity contribution in [2.75, 3.05) is 0 Å². The Morgan fingerprint density at radius 1 is 1.42 bits per heavy atom. The molecular weight excluding hydrogens is 264 g/mol. The number of sulfonamides is 1. The molecule has 0 bridgehead atoms. The molecule has 0 spiro atoms. The molecule has 0 unspecified atom stereocenters. The van der Waals surface area contributed by atoms with Gasteiger partial charge in [0.1, 0.15) is 6.07 Å². The van der Waals surface area contributed by atoms with Crippen molar-refractivity contribution in [2.45, 2.75) is 11.4 Å². The molecule has 0 aliphatic carbocycles. The fraction of sp³-hybridized carbons (Fsp3) is 0.167. The predicted octanol–water partition coefficient (Wildman–Crippen LogP) is 0.770. The second-order valence-electron chi connectivity index (χ2n) is 3.95. The minimum atomic E-state index is -3.70. The van der Waals surface area contributed by atoms with Crippen LogP contribution < -0.4 is 4.72 Å². The number of nitriles is 1. The molecule has 19 heavy (non-hydrogen) atoms. The van der Waals surface area contributed by atoms with Gasteiger partial charge < -0.3 is 0 Å². The summed E-state index contributed by atoms with van der Waals surface area (Å²) in [5.41, 5.74) is 0.877. The minimum Gasteiger partial charge on any atom is -0.275 e. The summed E-state index contributed by atoms with van der Waals surface area (Å²) in [6.45, 7) is 0.135. The molecule has 0 saturated heterocycles. The third kappa shape index (κ3) is 2.99. The van der Waals surface area contributed by atoms with Crippen LogP contribution in [0.1, 0.15) is 11.1 Å². The van der Waals surface area contributed by atoms with Crippen LogP contribution in [0.5, 0.6) is 0 Å². The van der Waals surface area contributed by atoms with Gasteiger partial charge in [0.05, 0.1) is 16.7 Å². The van der Waals surface area contributed by atoms with Crippen molar-refractivity contribution < 1.29 is 8.42 Å². The number of aryl methyl sites for hydroxylation is 1. The fourth-order valence-electron chi connectivity index (χ4n) is 1.61. The van der Waals surface area contributed by atoms with Crippen molar-refractivity contribution in [2.24, 2.45) is 7.05 Å². The highest BCUT2D eigenvalue weighted by Gasteiger charge is 2.17. The van der Waals surface area contributed by atoms with Gasteiger partial charge in [0.15, 0.2) is 0 Å². The highest BCUT2D eigenvalue weighted by molar-refractivity contribution is 7.89. The van der Waals surface area contributed by atoms with Crippen molar-refractivity contribution in [3.05, 3.63) is 47.8 Å². The normalized spacial score (nSPS) is 11.2. The molecule has 2 aromatic rings. The van der Waals surface area contributed by atoms with Crippen molar-refractivity contribution in [3.8, 4) is 6.07 Å². The maximum atomic E-state index is 12.1. The van der Waals surface area contributed by atoms with Gasteiger partial charge in [-0.2, -0.15) is 10.4 Å². The lowest BCUT2D eigenvalue weighted by molar-refractivity contribution is 0.581. The second kappa shape index (κ2) is 5.22. The van der Waals surface area contributed by atoms with Gasteiger partial charge in [-0.15, -0.1) is 0 Å². The molecule has 0 aliphatic heterocycles. The van der Waals surface area contributed by atoms with Gasteiger partial charge >= 0.3 is 0 Å². The Kier molecular flexibility index (Phi) is 3.64. The Hall–Kier alpha value is -2.17. The van der Waals surface area contributed by atoms with E-state index in [0.29, 0.717) is 0 Å². The molecule has 0 atom stereocenters. The topological polar surface area (TPSA) is 87.8 Å². The molecule has 0 fully saturated rings. The molecule has 0 amide bonds. The summed E-state index contributed by atoms with van der Waals surface area (Å²) >= 11 is 0. The Bertz CT molecular complexity index is 728. The van der Waals surface area contributed by atoms with Crippen LogP contribution in [0.3, 0.4) is 0 Å². The molecule has 1 aromatic heterocycles. The van der Waals surface area contributed by atoms with Crippen LogP contribution in [-0.4, -0.2) is 18.2 Å². The molecule has 0 aliphatic rings. The highest BCUT2D eigenvalue weighted by atomic mass is 32.2. The smallest absolute Gasteiger partial charge is 0.242 e. The molecule has 1 N–H and O–H groups in total.